The zero-order valence-electron chi connectivity index (χ0n) is 14.5. The van der Waals surface area contributed by atoms with Gasteiger partial charge in [0.1, 0.15) is 0 Å². The van der Waals surface area contributed by atoms with Crippen LogP contribution >= 0.6 is 0 Å². The Kier molecular flexibility index (Phi) is 4.54. The van der Waals surface area contributed by atoms with Crippen molar-refractivity contribution in [3.63, 3.8) is 0 Å². The van der Waals surface area contributed by atoms with Gasteiger partial charge in [0.25, 0.3) is 5.91 Å². The molecule has 1 aliphatic carbocycles. The zero-order valence-corrected chi connectivity index (χ0v) is 15.3. The number of amides is 1. The van der Waals surface area contributed by atoms with Gasteiger partial charge in [-0.15, -0.1) is 0 Å². The average molecular weight is 370 g/mol. The molecule has 2 aromatic carbocycles. The minimum absolute atomic E-state index is 0.0162. The molecule has 2 aromatic rings. The van der Waals surface area contributed by atoms with Crippen molar-refractivity contribution in [1.29, 1.82) is 0 Å². The van der Waals surface area contributed by atoms with E-state index < -0.39 is 10.0 Å². The second-order valence-corrected chi connectivity index (χ2v) is 8.84. The van der Waals surface area contributed by atoms with E-state index in [4.69, 9.17) is 0 Å². The van der Waals surface area contributed by atoms with Gasteiger partial charge in [0, 0.05) is 18.7 Å². The molecule has 1 amide bonds. The second kappa shape index (κ2) is 6.85. The number of fused-ring (bicyclic) bond motifs is 1. The summed E-state index contributed by atoms with van der Waals surface area (Å²) in [6.07, 6.45) is 3.60. The normalized spacial score (nSPS) is 20.1. The summed E-state index contributed by atoms with van der Waals surface area (Å²) in [6.45, 7) is 1.11. The first kappa shape index (κ1) is 17.2. The van der Waals surface area contributed by atoms with Gasteiger partial charge in [-0.05, 0) is 55.0 Å². The predicted molar refractivity (Wildman–Crippen MR) is 99.4 cm³/mol. The molecule has 1 fully saturated rings. The van der Waals surface area contributed by atoms with Crippen molar-refractivity contribution >= 4 is 15.9 Å². The molecule has 1 heterocycles. The Morgan fingerprint density at radius 3 is 2.62 bits per heavy atom. The van der Waals surface area contributed by atoms with Crippen LogP contribution in [0.1, 0.15) is 46.8 Å². The van der Waals surface area contributed by atoms with Crippen LogP contribution in [0, 0.1) is 0 Å². The minimum Gasteiger partial charge on any atom is -0.345 e. The Balaban J connectivity index is 1.54. The predicted octanol–water partition coefficient (Wildman–Crippen LogP) is 2.89. The molecule has 1 N–H and O–H groups in total. The number of carbonyl (C=O) groups is 1. The molecule has 2 aliphatic rings. The van der Waals surface area contributed by atoms with Crippen LogP contribution in [0.4, 0.5) is 0 Å². The van der Waals surface area contributed by atoms with Gasteiger partial charge in [-0.2, -0.15) is 4.31 Å². The highest BCUT2D eigenvalue weighted by Gasteiger charge is 2.28. The molecular formula is C20H22N2O3S. The standard InChI is InChI=1S/C20H22N2O3S/c23-20(21-19-11-10-15-6-1-2-9-18(15)19)16-7-5-8-17(14-16)26(24,25)22-12-3-4-13-22/h1-2,5-9,14,19H,3-4,10-13H2,(H,21,23). The number of hydrogen-bond donors (Lipinski definition) is 1. The summed E-state index contributed by atoms with van der Waals surface area (Å²) < 4.78 is 26.9. The fourth-order valence-corrected chi connectivity index (χ4v) is 5.39. The van der Waals surface area contributed by atoms with E-state index >= 15 is 0 Å². The van der Waals surface area contributed by atoms with Crippen molar-refractivity contribution in [3.05, 3.63) is 65.2 Å². The summed E-state index contributed by atoms with van der Waals surface area (Å²) in [5, 5.41) is 3.05. The van der Waals surface area contributed by atoms with Crippen LogP contribution in [0.25, 0.3) is 0 Å². The van der Waals surface area contributed by atoms with Crippen molar-refractivity contribution in [2.45, 2.75) is 36.6 Å². The van der Waals surface area contributed by atoms with Crippen molar-refractivity contribution in [1.82, 2.24) is 9.62 Å². The van der Waals surface area contributed by atoms with Gasteiger partial charge in [-0.3, -0.25) is 4.79 Å². The van der Waals surface area contributed by atoms with Gasteiger partial charge in [0.2, 0.25) is 10.0 Å². The van der Waals surface area contributed by atoms with E-state index in [2.05, 4.69) is 11.4 Å². The number of rotatable bonds is 4. The summed E-state index contributed by atoms with van der Waals surface area (Å²) in [5.41, 5.74) is 2.81. The fraction of sp³-hybridized carbons (Fsp3) is 0.350. The van der Waals surface area contributed by atoms with E-state index in [0.717, 1.165) is 31.2 Å². The summed E-state index contributed by atoms with van der Waals surface area (Å²) in [7, 11) is -3.52. The molecule has 0 spiro atoms. The third-order valence-electron chi connectivity index (χ3n) is 5.24. The largest absolute Gasteiger partial charge is 0.345 e. The Bertz CT molecular complexity index is 934. The summed E-state index contributed by atoms with van der Waals surface area (Å²) in [5.74, 6) is -0.231. The summed E-state index contributed by atoms with van der Waals surface area (Å²) in [4.78, 5) is 12.9. The first-order chi connectivity index (χ1) is 12.6. The molecule has 26 heavy (non-hydrogen) atoms. The molecule has 136 valence electrons. The number of carbonyl (C=O) groups excluding carboxylic acids is 1. The molecule has 4 rings (SSSR count). The van der Waals surface area contributed by atoms with E-state index in [-0.39, 0.29) is 16.8 Å². The van der Waals surface area contributed by atoms with Crippen molar-refractivity contribution in [2.24, 2.45) is 0 Å². The molecule has 0 radical (unpaired) electrons. The molecule has 1 atom stereocenters. The molecule has 1 unspecified atom stereocenters. The highest BCUT2D eigenvalue weighted by Crippen LogP contribution is 2.31. The number of nitrogens with one attached hydrogen (secondary N) is 1. The van der Waals surface area contributed by atoms with Crippen LogP contribution < -0.4 is 5.32 Å². The maximum atomic E-state index is 12.7. The van der Waals surface area contributed by atoms with Gasteiger partial charge < -0.3 is 5.32 Å². The third-order valence-corrected chi connectivity index (χ3v) is 7.13. The first-order valence-electron chi connectivity index (χ1n) is 9.04. The number of aryl methyl sites for hydroxylation is 1. The highest BCUT2D eigenvalue weighted by atomic mass is 32.2. The van der Waals surface area contributed by atoms with Gasteiger partial charge in [0.05, 0.1) is 10.9 Å². The van der Waals surface area contributed by atoms with E-state index in [1.807, 2.05) is 18.2 Å². The molecule has 0 bridgehead atoms. The molecule has 1 saturated heterocycles. The zero-order chi connectivity index (χ0) is 18.1. The Labute approximate surface area is 154 Å². The third kappa shape index (κ3) is 3.15. The lowest BCUT2D eigenvalue weighted by atomic mass is 10.1. The van der Waals surface area contributed by atoms with Crippen molar-refractivity contribution in [3.8, 4) is 0 Å². The van der Waals surface area contributed by atoms with Gasteiger partial charge in [0.15, 0.2) is 0 Å². The Morgan fingerprint density at radius 1 is 1.04 bits per heavy atom. The lowest BCUT2D eigenvalue weighted by Gasteiger charge is -2.17. The molecule has 6 heteroatoms. The van der Waals surface area contributed by atoms with Gasteiger partial charge in [-0.25, -0.2) is 8.42 Å². The van der Waals surface area contributed by atoms with Crippen LogP contribution in [-0.2, 0) is 16.4 Å². The van der Waals surface area contributed by atoms with Crippen molar-refractivity contribution < 1.29 is 13.2 Å². The summed E-state index contributed by atoms with van der Waals surface area (Å²) >= 11 is 0. The SMILES string of the molecule is O=C(NC1CCc2ccccc21)c1cccc(S(=O)(=O)N2CCCC2)c1. The van der Waals surface area contributed by atoms with Crippen LogP contribution in [0.2, 0.25) is 0 Å². The van der Waals surface area contributed by atoms with E-state index in [9.17, 15) is 13.2 Å². The number of nitrogens with zero attached hydrogens (tertiary/aromatic N) is 1. The molecular weight excluding hydrogens is 348 g/mol. The lowest BCUT2D eigenvalue weighted by molar-refractivity contribution is 0.0936. The van der Waals surface area contributed by atoms with Crippen LogP contribution in [0.15, 0.2) is 53.4 Å². The van der Waals surface area contributed by atoms with E-state index in [1.54, 1.807) is 18.2 Å². The minimum atomic E-state index is -3.52. The van der Waals surface area contributed by atoms with Crippen molar-refractivity contribution in [2.75, 3.05) is 13.1 Å². The fourth-order valence-electron chi connectivity index (χ4n) is 3.82. The van der Waals surface area contributed by atoms with Crippen LogP contribution in [0.5, 0.6) is 0 Å². The molecule has 5 nitrogen and oxygen atoms in total. The molecule has 0 aromatic heterocycles. The van der Waals surface area contributed by atoms with Gasteiger partial charge in [-0.1, -0.05) is 30.3 Å². The van der Waals surface area contributed by atoms with Crippen LogP contribution in [-0.4, -0.2) is 31.7 Å². The quantitative estimate of drug-likeness (QED) is 0.900. The topological polar surface area (TPSA) is 66.5 Å². The summed E-state index contributed by atoms with van der Waals surface area (Å²) in [6, 6.07) is 14.5. The van der Waals surface area contributed by atoms with E-state index in [1.165, 1.54) is 15.9 Å². The Hall–Kier alpha value is -2.18. The maximum Gasteiger partial charge on any atom is 0.251 e. The number of benzene rings is 2. The molecule has 1 aliphatic heterocycles. The number of hydrogen-bond acceptors (Lipinski definition) is 3. The first-order valence-corrected chi connectivity index (χ1v) is 10.5. The number of sulfonamides is 1. The second-order valence-electron chi connectivity index (χ2n) is 6.90. The smallest absolute Gasteiger partial charge is 0.251 e. The van der Waals surface area contributed by atoms with Gasteiger partial charge >= 0.3 is 0 Å². The van der Waals surface area contributed by atoms with Crippen LogP contribution in [0.3, 0.4) is 0 Å². The Morgan fingerprint density at radius 2 is 1.81 bits per heavy atom. The highest BCUT2D eigenvalue weighted by molar-refractivity contribution is 7.89. The average Bonchev–Trinajstić information content (AvgIpc) is 3.33. The lowest BCUT2D eigenvalue weighted by Crippen LogP contribution is -2.29. The monoisotopic (exact) mass is 370 g/mol. The van der Waals surface area contributed by atoms with E-state index in [0.29, 0.717) is 18.7 Å². The molecule has 0 saturated carbocycles. The maximum absolute atomic E-state index is 12.7.